The van der Waals surface area contributed by atoms with Gasteiger partial charge < -0.3 is 5.32 Å². The number of carbonyl (C=O) groups is 1. The maximum absolute atomic E-state index is 11.6. The zero-order chi connectivity index (χ0) is 12.1. The fourth-order valence-corrected chi connectivity index (χ4v) is 2.02. The predicted molar refractivity (Wildman–Crippen MR) is 73.7 cm³/mol. The molecular weight excluding hydrogens is 357 g/mol. The quantitative estimate of drug-likeness (QED) is 0.798. The van der Waals surface area contributed by atoms with Crippen LogP contribution in [0.2, 0.25) is 0 Å². The number of nitrogens with one attached hydrogen (secondary N) is 1. The van der Waals surface area contributed by atoms with Crippen molar-refractivity contribution in [1.29, 1.82) is 0 Å². The molecule has 0 radical (unpaired) electrons. The first-order valence-electron chi connectivity index (χ1n) is 4.93. The van der Waals surface area contributed by atoms with Crippen molar-refractivity contribution in [2.24, 2.45) is 0 Å². The number of carbonyl (C=O) groups excluding carboxylic acids is 1. The number of rotatable bonds is 4. The van der Waals surface area contributed by atoms with Crippen LogP contribution in [0.4, 0.5) is 0 Å². The highest BCUT2D eigenvalue weighted by Gasteiger charge is 2.17. The van der Waals surface area contributed by atoms with Gasteiger partial charge in [-0.3, -0.25) is 4.79 Å². The molecule has 0 saturated heterocycles. The summed E-state index contributed by atoms with van der Waals surface area (Å²) in [7, 11) is 0. The highest BCUT2D eigenvalue weighted by Crippen LogP contribution is 2.29. The lowest BCUT2D eigenvalue weighted by molar-refractivity contribution is -0.120. The molecule has 1 unspecified atom stereocenters. The zero-order valence-electron chi connectivity index (χ0n) is 8.77. The first kappa shape index (κ1) is 14.0. The van der Waals surface area contributed by atoms with Crippen LogP contribution in [0.15, 0.2) is 27.1 Å². The topological polar surface area (TPSA) is 29.1 Å². The van der Waals surface area contributed by atoms with Crippen molar-refractivity contribution in [2.45, 2.75) is 18.7 Å². The Morgan fingerprint density at radius 3 is 2.69 bits per heavy atom. The molecule has 16 heavy (non-hydrogen) atoms. The summed E-state index contributed by atoms with van der Waals surface area (Å²) in [6.45, 7) is 2.65. The fourth-order valence-electron chi connectivity index (χ4n) is 1.16. The molecule has 0 aromatic heterocycles. The lowest BCUT2D eigenvalue weighted by atomic mass is 10.1. The third kappa shape index (κ3) is 3.75. The second-order valence-corrected chi connectivity index (χ2v) is 5.47. The van der Waals surface area contributed by atoms with E-state index in [9.17, 15) is 4.79 Å². The summed E-state index contributed by atoms with van der Waals surface area (Å²) < 4.78 is 1.83. The number of halogens is 3. The van der Waals surface area contributed by atoms with Crippen LogP contribution in [-0.2, 0) is 4.79 Å². The Morgan fingerprint density at radius 2 is 2.12 bits per heavy atom. The molecule has 1 N–H and O–H groups in total. The minimum atomic E-state index is -0.643. The van der Waals surface area contributed by atoms with Gasteiger partial charge in [-0.2, -0.15) is 0 Å². The van der Waals surface area contributed by atoms with E-state index in [4.69, 9.17) is 11.6 Å². The van der Waals surface area contributed by atoms with Gasteiger partial charge in [0.2, 0.25) is 5.91 Å². The van der Waals surface area contributed by atoms with E-state index in [0.29, 0.717) is 6.54 Å². The molecule has 0 aliphatic heterocycles. The Labute approximate surface area is 117 Å². The largest absolute Gasteiger partial charge is 0.355 e. The summed E-state index contributed by atoms with van der Waals surface area (Å²) >= 11 is 12.8. The zero-order valence-corrected chi connectivity index (χ0v) is 12.7. The number of hydrogen-bond acceptors (Lipinski definition) is 1. The van der Waals surface area contributed by atoms with E-state index in [-0.39, 0.29) is 5.91 Å². The van der Waals surface area contributed by atoms with Gasteiger partial charge in [0.15, 0.2) is 0 Å². The van der Waals surface area contributed by atoms with Crippen LogP contribution in [0.25, 0.3) is 0 Å². The van der Waals surface area contributed by atoms with E-state index in [1.165, 1.54) is 0 Å². The van der Waals surface area contributed by atoms with Crippen molar-refractivity contribution in [3.8, 4) is 0 Å². The molecular formula is C11H12Br2ClNO. The maximum Gasteiger partial charge on any atom is 0.242 e. The average Bonchev–Trinajstić information content (AvgIpc) is 2.28. The molecule has 1 atom stereocenters. The molecule has 0 aliphatic carbocycles. The SMILES string of the molecule is CCCNC(=O)C(Cl)c1ccc(Br)c(Br)c1. The number of benzene rings is 1. The van der Waals surface area contributed by atoms with Crippen LogP contribution in [0.3, 0.4) is 0 Å². The van der Waals surface area contributed by atoms with E-state index < -0.39 is 5.38 Å². The number of alkyl halides is 1. The van der Waals surface area contributed by atoms with Gasteiger partial charge in [-0.25, -0.2) is 0 Å². The van der Waals surface area contributed by atoms with Crippen molar-refractivity contribution >= 4 is 49.4 Å². The van der Waals surface area contributed by atoms with Crippen LogP contribution < -0.4 is 5.32 Å². The van der Waals surface area contributed by atoms with Crippen LogP contribution >= 0.6 is 43.5 Å². The van der Waals surface area contributed by atoms with Gasteiger partial charge in [-0.1, -0.05) is 13.0 Å². The normalized spacial score (nSPS) is 12.2. The van der Waals surface area contributed by atoms with Gasteiger partial charge in [0.25, 0.3) is 0 Å². The predicted octanol–water partition coefficient (Wildman–Crippen LogP) is 4.02. The molecule has 0 saturated carbocycles. The minimum absolute atomic E-state index is 0.155. The summed E-state index contributed by atoms with van der Waals surface area (Å²) in [5.74, 6) is -0.155. The third-order valence-electron chi connectivity index (χ3n) is 2.02. The molecule has 0 spiro atoms. The smallest absolute Gasteiger partial charge is 0.242 e. The monoisotopic (exact) mass is 367 g/mol. The standard InChI is InChI=1S/C11H12Br2ClNO/c1-2-5-15-11(16)10(14)7-3-4-8(12)9(13)6-7/h3-4,6,10H,2,5H2,1H3,(H,15,16). The van der Waals surface area contributed by atoms with E-state index in [1.807, 2.05) is 25.1 Å². The summed E-state index contributed by atoms with van der Waals surface area (Å²) in [6.07, 6.45) is 0.902. The van der Waals surface area contributed by atoms with Gasteiger partial charge in [0, 0.05) is 15.5 Å². The summed E-state index contributed by atoms with van der Waals surface area (Å²) in [6, 6.07) is 5.53. The highest BCUT2D eigenvalue weighted by molar-refractivity contribution is 9.13. The first-order chi connectivity index (χ1) is 7.56. The van der Waals surface area contributed by atoms with E-state index >= 15 is 0 Å². The van der Waals surface area contributed by atoms with E-state index in [0.717, 1.165) is 20.9 Å². The molecule has 1 aromatic carbocycles. The average molecular weight is 369 g/mol. The van der Waals surface area contributed by atoms with Crippen molar-refractivity contribution in [1.82, 2.24) is 5.32 Å². The summed E-state index contributed by atoms with van der Waals surface area (Å²) in [4.78, 5) is 11.6. The molecule has 2 nitrogen and oxygen atoms in total. The Hall–Kier alpha value is -0.0600. The fraction of sp³-hybridized carbons (Fsp3) is 0.364. The van der Waals surface area contributed by atoms with Gasteiger partial charge in [0.1, 0.15) is 5.38 Å². The Bertz CT molecular complexity index is 384. The molecule has 88 valence electrons. The van der Waals surface area contributed by atoms with Crippen LogP contribution in [0.1, 0.15) is 24.3 Å². The summed E-state index contributed by atoms with van der Waals surface area (Å²) in [5.41, 5.74) is 0.783. The van der Waals surface area contributed by atoms with Crippen LogP contribution in [-0.4, -0.2) is 12.5 Å². The molecule has 0 bridgehead atoms. The molecule has 0 fully saturated rings. The lowest BCUT2D eigenvalue weighted by Crippen LogP contribution is -2.27. The van der Waals surface area contributed by atoms with Crippen LogP contribution in [0, 0.1) is 0 Å². The number of hydrogen-bond donors (Lipinski definition) is 1. The van der Waals surface area contributed by atoms with E-state index in [2.05, 4.69) is 37.2 Å². The molecule has 1 aromatic rings. The maximum atomic E-state index is 11.6. The van der Waals surface area contributed by atoms with Crippen LogP contribution in [0.5, 0.6) is 0 Å². The van der Waals surface area contributed by atoms with Gasteiger partial charge >= 0.3 is 0 Å². The molecule has 1 amide bonds. The lowest BCUT2D eigenvalue weighted by Gasteiger charge is -2.11. The second-order valence-electron chi connectivity index (χ2n) is 3.33. The van der Waals surface area contributed by atoms with Gasteiger partial charge in [-0.15, -0.1) is 11.6 Å². The van der Waals surface area contributed by atoms with Crippen molar-refractivity contribution < 1.29 is 4.79 Å². The molecule has 0 aliphatic rings. The van der Waals surface area contributed by atoms with Gasteiger partial charge in [-0.05, 0) is 56.0 Å². The Balaban J connectivity index is 2.75. The summed E-state index contributed by atoms with van der Waals surface area (Å²) in [5, 5.41) is 2.12. The second kappa shape index (κ2) is 6.62. The van der Waals surface area contributed by atoms with Crippen molar-refractivity contribution in [3.63, 3.8) is 0 Å². The molecule has 0 heterocycles. The van der Waals surface area contributed by atoms with Crippen molar-refractivity contribution in [2.75, 3.05) is 6.54 Å². The number of amides is 1. The Kier molecular flexibility index (Phi) is 5.79. The van der Waals surface area contributed by atoms with Gasteiger partial charge in [0.05, 0.1) is 0 Å². The minimum Gasteiger partial charge on any atom is -0.355 e. The Morgan fingerprint density at radius 1 is 1.44 bits per heavy atom. The van der Waals surface area contributed by atoms with Crippen molar-refractivity contribution in [3.05, 3.63) is 32.7 Å². The highest BCUT2D eigenvalue weighted by atomic mass is 79.9. The van der Waals surface area contributed by atoms with E-state index in [1.54, 1.807) is 0 Å². The molecule has 5 heteroatoms. The first-order valence-corrected chi connectivity index (χ1v) is 6.95. The molecule has 1 rings (SSSR count). The third-order valence-corrected chi connectivity index (χ3v) is 4.35.